The summed E-state index contributed by atoms with van der Waals surface area (Å²) in [6.45, 7) is 6.73. The van der Waals surface area contributed by atoms with Crippen LogP contribution in [0.1, 0.15) is 5.56 Å². The smallest absolute Gasteiger partial charge is 0.330 e. The molecule has 0 unspecified atom stereocenters. The van der Waals surface area contributed by atoms with E-state index in [1.54, 1.807) is 0 Å². The number of aromatic nitrogens is 2. The van der Waals surface area contributed by atoms with Gasteiger partial charge in [0.15, 0.2) is 0 Å². The number of aliphatic hydroxyl groups excluding tert-OH is 1. The van der Waals surface area contributed by atoms with Crippen molar-refractivity contribution in [3.05, 3.63) is 32.6 Å². The molecule has 0 saturated carbocycles. The zero-order chi connectivity index (χ0) is 13.8. The lowest BCUT2D eigenvalue weighted by atomic mass is 10.3. The van der Waals surface area contributed by atoms with E-state index >= 15 is 0 Å². The van der Waals surface area contributed by atoms with Crippen molar-refractivity contribution in [2.75, 3.05) is 6.61 Å². The molecule has 0 bridgehead atoms. The summed E-state index contributed by atoms with van der Waals surface area (Å²) in [6.07, 6.45) is 1.23. The van der Waals surface area contributed by atoms with Crippen molar-refractivity contribution in [3.63, 3.8) is 0 Å². The Kier molecular flexibility index (Phi) is 5.06. The molecule has 102 valence electrons. The van der Waals surface area contributed by atoms with Crippen molar-refractivity contribution in [3.8, 4) is 0 Å². The molecule has 1 aromatic heterocycles. The highest BCUT2D eigenvalue weighted by Crippen LogP contribution is 2.07. The van der Waals surface area contributed by atoms with Gasteiger partial charge < -0.3 is 14.8 Å². The zero-order valence-electron chi connectivity index (χ0n) is 11.0. The first-order valence-electron chi connectivity index (χ1n) is 5.85. The number of nitrogens with zero attached hydrogens (tertiary/aromatic N) is 1. The van der Waals surface area contributed by atoms with Crippen molar-refractivity contribution in [2.24, 2.45) is 0 Å². The van der Waals surface area contributed by atoms with Crippen LogP contribution in [0.5, 0.6) is 0 Å². The maximum atomic E-state index is 11.7. The van der Waals surface area contributed by atoms with Crippen LogP contribution in [0, 0.1) is 0 Å². The highest BCUT2D eigenvalue weighted by molar-refractivity contribution is 6.76. The van der Waals surface area contributed by atoms with Gasteiger partial charge in [-0.1, -0.05) is 19.6 Å². The Bertz CT molecular complexity index is 501. The van der Waals surface area contributed by atoms with E-state index in [1.165, 1.54) is 6.20 Å². The Labute approximate surface area is 106 Å². The van der Waals surface area contributed by atoms with E-state index in [0.717, 1.165) is 10.6 Å². The third-order valence-electron chi connectivity index (χ3n) is 2.52. The van der Waals surface area contributed by atoms with Gasteiger partial charge in [-0.15, -0.1) is 0 Å². The van der Waals surface area contributed by atoms with Crippen LogP contribution in [0.3, 0.4) is 0 Å². The maximum absolute atomic E-state index is 11.7. The summed E-state index contributed by atoms with van der Waals surface area (Å²) < 4.78 is 6.31. The third kappa shape index (κ3) is 4.24. The van der Waals surface area contributed by atoms with Crippen LogP contribution >= 0.6 is 0 Å². The van der Waals surface area contributed by atoms with E-state index in [0.29, 0.717) is 6.61 Å². The van der Waals surface area contributed by atoms with Gasteiger partial charge in [-0.3, -0.25) is 4.79 Å². The van der Waals surface area contributed by atoms with Crippen LogP contribution in [0.15, 0.2) is 15.8 Å². The molecular weight excluding hydrogens is 252 g/mol. The van der Waals surface area contributed by atoms with Gasteiger partial charge >= 0.3 is 5.69 Å². The molecule has 0 amide bonds. The van der Waals surface area contributed by atoms with Crippen molar-refractivity contribution < 1.29 is 9.84 Å². The average molecular weight is 272 g/mol. The van der Waals surface area contributed by atoms with E-state index in [9.17, 15) is 9.59 Å². The lowest BCUT2D eigenvalue weighted by Gasteiger charge is -2.15. The molecule has 0 spiro atoms. The second-order valence-electron chi connectivity index (χ2n) is 5.36. The number of aromatic amines is 1. The molecule has 0 fully saturated rings. The molecule has 0 aromatic carbocycles. The van der Waals surface area contributed by atoms with Crippen LogP contribution in [0.25, 0.3) is 0 Å². The fraction of sp³-hybridized carbons (Fsp3) is 0.636. The third-order valence-corrected chi connectivity index (χ3v) is 4.23. The predicted molar refractivity (Wildman–Crippen MR) is 71.4 cm³/mol. The molecule has 0 saturated heterocycles. The summed E-state index contributed by atoms with van der Waals surface area (Å²) >= 11 is 0. The standard InChI is InChI=1S/C11H20N2O4Si/c1-18(2,3)5-4-17-8-13-10(15)9(7-14)6-12-11(13)16/h6,14H,4-5,7-8H2,1-3H3,(H,12,16). The Balaban J connectivity index is 2.68. The minimum Gasteiger partial charge on any atom is -0.391 e. The Hall–Kier alpha value is -1.18. The molecule has 1 aromatic rings. The average Bonchev–Trinajstić information content (AvgIpc) is 2.26. The summed E-state index contributed by atoms with van der Waals surface area (Å²) in [5, 5.41) is 8.94. The van der Waals surface area contributed by atoms with Crippen LogP contribution in [-0.4, -0.2) is 29.3 Å². The minimum atomic E-state index is -1.18. The summed E-state index contributed by atoms with van der Waals surface area (Å²) in [4.78, 5) is 25.6. The Morgan fingerprint density at radius 1 is 1.39 bits per heavy atom. The van der Waals surface area contributed by atoms with Gasteiger partial charge in [-0.25, -0.2) is 9.36 Å². The van der Waals surface area contributed by atoms with Crippen molar-refractivity contribution in [1.29, 1.82) is 0 Å². The molecule has 1 heterocycles. The number of rotatable bonds is 6. The molecule has 0 atom stereocenters. The molecular formula is C11H20N2O4Si. The summed E-state index contributed by atoms with van der Waals surface area (Å²) in [5.74, 6) is 0. The lowest BCUT2D eigenvalue weighted by Crippen LogP contribution is -2.37. The number of hydrogen-bond donors (Lipinski definition) is 2. The predicted octanol–water partition coefficient (Wildman–Crippen LogP) is 0.341. The molecule has 0 aliphatic carbocycles. The van der Waals surface area contributed by atoms with E-state index in [2.05, 4.69) is 24.6 Å². The number of ether oxygens (including phenoxy) is 1. The van der Waals surface area contributed by atoms with Gasteiger partial charge in [0.1, 0.15) is 6.73 Å². The van der Waals surface area contributed by atoms with Gasteiger partial charge in [0.2, 0.25) is 0 Å². The number of hydrogen-bond acceptors (Lipinski definition) is 4. The topological polar surface area (TPSA) is 84.3 Å². The quantitative estimate of drug-likeness (QED) is 0.578. The fourth-order valence-corrected chi connectivity index (χ4v) is 2.08. The Morgan fingerprint density at radius 2 is 2.06 bits per heavy atom. The molecule has 7 heteroatoms. The van der Waals surface area contributed by atoms with Crippen LogP contribution in [0.2, 0.25) is 25.7 Å². The second-order valence-corrected chi connectivity index (χ2v) is 11.0. The number of nitrogens with one attached hydrogen (secondary N) is 1. The highest BCUT2D eigenvalue weighted by Gasteiger charge is 2.12. The first-order chi connectivity index (χ1) is 8.35. The fourth-order valence-electron chi connectivity index (χ4n) is 1.32. The molecule has 6 nitrogen and oxygen atoms in total. The van der Waals surface area contributed by atoms with Crippen LogP contribution in [0.4, 0.5) is 0 Å². The second kappa shape index (κ2) is 6.12. The summed E-state index contributed by atoms with van der Waals surface area (Å²) in [5.41, 5.74) is -0.872. The van der Waals surface area contributed by atoms with Crippen molar-refractivity contribution in [1.82, 2.24) is 9.55 Å². The maximum Gasteiger partial charge on any atom is 0.330 e. The SMILES string of the molecule is C[Si](C)(C)CCOCn1c(=O)[nH]cc(CO)c1=O. The first-order valence-corrected chi connectivity index (χ1v) is 9.56. The van der Waals surface area contributed by atoms with Crippen molar-refractivity contribution in [2.45, 2.75) is 39.0 Å². The highest BCUT2D eigenvalue weighted by atomic mass is 28.3. The van der Waals surface area contributed by atoms with E-state index < -0.39 is 25.9 Å². The summed E-state index contributed by atoms with van der Waals surface area (Å²) in [6, 6.07) is 0.972. The molecule has 0 aliphatic heterocycles. The molecule has 0 radical (unpaired) electrons. The molecule has 18 heavy (non-hydrogen) atoms. The summed E-state index contributed by atoms with van der Waals surface area (Å²) in [7, 11) is -1.18. The van der Waals surface area contributed by atoms with E-state index in [4.69, 9.17) is 9.84 Å². The Morgan fingerprint density at radius 3 is 2.61 bits per heavy atom. The van der Waals surface area contributed by atoms with Crippen LogP contribution < -0.4 is 11.2 Å². The van der Waals surface area contributed by atoms with E-state index in [1.807, 2.05) is 0 Å². The largest absolute Gasteiger partial charge is 0.391 e. The lowest BCUT2D eigenvalue weighted by molar-refractivity contribution is 0.0809. The first kappa shape index (κ1) is 14.9. The van der Waals surface area contributed by atoms with Gasteiger partial charge in [-0.2, -0.15) is 0 Å². The molecule has 2 N–H and O–H groups in total. The number of H-pyrrole nitrogens is 1. The normalized spacial score (nSPS) is 11.8. The number of aliphatic hydroxyl groups is 1. The van der Waals surface area contributed by atoms with Crippen molar-refractivity contribution >= 4 is 8.07 Å². The minimum absolute atomic E-state index is 0.0769. The van der Waals surface area contributed by atoms with Gasteiger partial charge in [-0.05, 0) is 6.04 Å². The molecule has 0 aliphatic rings. The molecule has 1 rings (SSSR count). The van der Waals surface area contributed by atoms with Gasteiger partial charge in [0.25, 0.3) is 5.56 Å². The zero-order valence-corrected chi connectivity index (χ0v) is 12.0. The van der Waals surface area contributed by atoms with E-state index in [-0.39, 0.29) is 12.3 Å². The van der Waals surface area contributed by atoms with Crippen LogP contribution in [-0.2, 0) is 18.1 Å². The van der Waals surface area contributed by atoms with Gasteiger partial charge in [0, 0.05) is 20.9 Å². The van der Waals surface area contributed by atoms with Gasteiger partial charge in [0.05, 0.1) is 12.2 Å². The monoisotopic (exact) mass is 272 g/mol.